The summed E-state index contributed by atoms with van der Waals surface area (Å²) in [5, 5.41) is 0.264. The van der Waals surface area contributed by atoms with Crippen LogP contribution in [0.25, 0.3) is 0 Å². The summed E-state index contributed by atoms with van der Waals surface area (Å²) in [6, 6.07) is 9.13. The molecule has 2 rings (SSSR count). The quantitative estimate of drug-likeness (QED) is 0.769. The van der Waals surface area contributed by atoms with Crippen molar-refractivity contribution >= 4 is 17.9 Å². The number of carbonyl (C=O) groups excluding carboxylic acids is 1. The van der Waals surface area contributed by atoms with Crippen LogP contribution < -0.4 is 4.74 Å². The van der Waals surface area contributed by atoms with E-state index >= 15 is 0 Å². The van der Waals surface area contributed by atoms with Crippen molar-refractivity contribution in [3.8, 4) is 11.5 Å². The molecular formula is C14H10ClFO2. The van der Waals surface area contributed by atoms with Gasteiger partial charge in [-0.25, -0.2) is 4.39 Å². The summed E-state index contributed by atoms with van der Waals surface area (Å²) in [7, 11) is 0. The Bertz CT molecular complexity index is 596. The average molecular weight is 265 g/mol. The number of benzene rings is 2. The van der Waals surface area contributed by atoms with Gasteiger partial charge >= 0.3 is 0 Å². The maximum Gasteiger partial charge on any atom is 0.165 e. The van der Waals surface area contributed by atoms with Crippen LogP contribution in [0.15, 0.2) is 36.4 Å². The van der Waals surface area contributed by atoms with Crippen molar-refractivity contribution < 1.29 is 13.9 Å². The number of hydrogen-bond donors (Lipinski definition) is 0. The Morgan fingerprint density at radius 2 is 1.94 bits per heavy atom. The molecule has 0 fully saturated rings. The number of carbonyl (C=O) groups is 1. The topological polar surface area (TPSA) is 26.3 Å². The third-order valence-electron chi connectivity index (χ3n) is 2.40. The van der Waals surface area contributed by atoms with Gasteiger partial charge in [0.15, 0.2) is 11.6 Å². The number of aryl methyl sites for hydroxylation is 1. The molecule has 0 spiro atoms. The van der Waals surface area contributed by atoms with Crippen LogP contribution in [0.3, 0.4) is 0 Å². The van der Waals surface area contributed by atoms with Crippen LogP contribution in [0, 0.1) is 12.7 Å². The van der Waals surface area contributed by atoms with Gasteiger partial charge < -0.3 is 4.74 Å². The van der Waals surface area contributed by atoms with Crippen molar-refractivity contribution in [2.24, 2.45) is 0 Å². The summed E-state index contributed by atoms with van der Waals surface area (Å²) in [5.41, 5.74) is 1.32. The monoisotopic (exact) mass is 264 g/mol. The Balaban J connectivity index is 2.34. The third kappa shape index (κ3) is 2.68. The molecule has 0 aliphatic heterocycles. The molecule has 18 heavy (non-hydrogen) atoms. The zero-order chi connectivity index (χ0) is 13.1. The van der Waals surface area contributed by atoms with E-state index in [0.29, 0.717) is 17.6 Å². The fraction of sp³-hybridized carbons (Fsp3) is 0.0714. The molecule has 92 valence electrons. The Kier molecular flexibility index (Phi) is 3.63. The molecule has 0 N–H and O–H groups in total. The van der Waals surface area contributed by atoms with Crippen molar-refractivity contribution in [3.63, 3.8) is 0 Å². The normalized spacial score (nSPS) is 10.2. The highest BCUT2D eigenvalue weighted by Crippen LogP contribution is 2.31. The summed E-state index contributed by atoms with van der Waals surface area (Å²) in [4.78, 5) is 10.6. The van der Waals surface area contributed by atoms with Gasteiger partial charge in [-0.15, -0.1) is 0 Å². The first-order chi connectivity index (χ1) is 8.60. The summed E-state index contributed by atoms with van der Waals surface area (Å²) >= 11 is 5.94. The lowest BCUT2D eigenvalue weighted by atomic mass is 10.2. The predicted octanol–water partition coefficient (Wildman–Crippen LogP) is 4.39. The van der Waals surface area contributed by atoms with Crippen LogP contribution in [0.5, 0.6) is 11.5 Å². The zero-order valence-electron chi connectivity index (χ0n) is 9.61. The van der Waals surface area contributed by atoms with E-state index in [1.54, 1.807) is 18.2 Å². The number of hydrogen-bond acceptors (Lipinski definition) is 2. The fourth-order valence-electron chi connectivity index (χ4n) is 1.48. The van der Waals surface area contributed by atoms with E-state index in [0.717, 1.165) is 5.56 Å². The first-order valence-electron chi connectivity index (χ1n) is 5.29. The molecule has 4 heteroatoms. The van der Waals surface area contributed by atoms with E-state index in [-0.39, 0.29) is 10.8 Å². The van der Waals surface area contributed by atoms with Gasteiger partial charge in [0.25, 0.3) is 0 Å². The van der Waals surface area contributed by atoms with Gasteiger partial charge in [-0.3, -0.25) is 4.79 Å². The molecule has 0 saturated heterocycles. The molecule has 0 bridgehead atoms. The van der Waals surface area contributed by atoms with Gasteiger partial charge in [0.1, 0.15) is 12.0 Å². The van der Waals surface area contributed by atoms with Gasteiger partial charge in [0.2, 0.25) is 0 Å². The SMILES string of the molecule is Cc1ccc(F)c(Oc2ccc(C=O)cc2Cl)c1. The standard InChI is InChI=1S/C14H10ClFO2/c1-9-2-4-12(16)14(6-9)18-13-5-3-10(8-17)7-11(13)15/h2-8H,1H3. The molecule has 0 unspecified atom stereocenters. The molecule has 0 atom stereocenters. The first kappa shape index (κ1) is 12.6. The van der Waals surface area contributed by atoms with Crippen LogP contribution >= 0.6 is 11.6 Å². The lowest BCUT2D eigenvalue weighted by molar-refractivity contribution is 0.112. The summed E-state index contributed by atoms with van der Waals surface area (Å²) in [6.45, 7) is 1.84. The Labute approximate surface area is 109 Å². The molecule has 0 heterocycles. The second-order valence-corrected chi connectivity index (χ2v) is 4.25. The summed E-state index contributed by atoms with van der Waals surface area (Å²) < 4.78 is 18.9. The first-order valence-corrected chi connectivity index (χ1v) is 5.66. The van der Waals surface area contributed by atoms with Crippen LogP contribution in [-0.2, 0) is 0 Å². The maximum absolute atomic E-state index is 13.5. The van der Waals surface area contributed by atoms with E-state index in [4.69, 9.17) is 16.3 Å². The highest BCUT2D eigenvalue weighted by Gasteiger charge is 2.08. The minimum atomic E-state index is -0.462. The molecule has 0 aromatic heterocycles. The van der Waals surface area contributed by atoms with Gasteiger partial charge in [-0.1, -0.05) is 17.7 Å². The largest absolute Gasteiger partial charge is 0.453 e. The number of rotatable bonds is 3. The lowest BCUT2D eigenvalue weighted by Crippen LogP contribution is -1.91. The third-order valence-corrected chi connectivity index (χ3v) is 2.69. The molecule has 0 saturated carbocycles. The molecule has 0 radical (unpaired) electrons. The molecular weight excluding hydrogens is 255 g/mol. The molecule has 0 aliphatic rings. The van der Waals surface area contributed by atoms with E-state index in [1.165, 1.54) is 18.2 Å². The van der Waals surface area contributed by atoms with E-state index < -0.39 is 5.82 Å². The van der Waals surface area contributed by atoms with E-state index in [1.807, 2.05) is 6.92 Å². The van der Waals surface area contributed by atoms with E-state index in [9.17, 15) is 9.18 Å². The zero-order valence-corrected chi connectivity index (χ0v) is 10.4. The number of ether oxygens (including phenoxy) is 1. The van der Waals surface area contributed by atoms with Crippen molar-refractivity contribution in [1.29, 1.82) is 0 Å². The Hall–Kier alpha value is -1.87. The summed E-state index contributed by atoms with van der Waals surface area (Å²) in [6.07, 6.45) is 0.683. The smallest absolute Gasteiger partial charge is 0.165 e. The molecule has 2 aromatic carbocycles. The lowest BCUT2D eigenvalue weighted by Gasteiger charge is -2.09. The minimum absolute atomic E-state index is 0.107. The van der Waals surface area contributed by atoms with Gasteiger partial charge in [-0.2, -0.15) is 0 Å². The average Bonchev–Trinajstić information content (AvgIpc) is 2.36. The summed E-state index contributed by atoms with van der Waals surface area (Å²) in [5.74, 6) is -0.0429. The second-order valence-electron chi connectivity index (χ2n) is 3.84. The predicted molar refractivity (Wildman–Crippen MR) is 68.1 cm³/mol. The molecule has 0 amide bonds. The molecule has 2 aromatic rings. The maximum atomic E-state index is 13.5. The van der Waals surface area contributed by atoms with Gasteiger partial charge in [0, 0.05) is 5.56 Å². The Morgan fingerprint density at radius 3 is 2.61 bits per heavy atom. The van der Waals surface area contributed by atoms with E-state index in [2.05, 4.69) is 0 Å². The highest BCUT2D eigenvalue weighted by molar-refractivity contribution is 6.32. The fourth-order valence-corrected chi connectivity index (χ4v) is 1.71. The molecule has 0 aliphatic carbocycles. The van der Waals surface area contributed by atoms with Gasteiger partial charge in [0.05, 0.1) is 5.02 Å². The number of aldehydes is 1. The Morgan fingerprint density at radius 1 is 1.17 bits per heavy atom. The number of halogens is 2. The van der Waals surface area contributed by atoms with Gasteiger partial charge in [-0.05, 0) is 42.8 Å². The van der Waals surface area contributed by atoms with Crippen molar-refractivity contribution in [3.05, 3.63) is 58.4 Å². The van der Waals surface area contributed by atoms with Crippen LogP contribution in [0.4, 0.5) is 4.39 Å². The van der Waals surface area contributed by atoms with Crippen molar-refractivity contribution in [2.45, 2.75) is 6.92 Å². The van der Waals surface area contributed by atoms with Crippen LogP contribution in [0.2, 0.25) is 5.02 Å². The minimum Gasteiger partial charge on any atom is -0.453 e. The molecule has 2 nitrogen and oxygen atoms in total. The van der Waals surface area contributed by atoms with Crippen LogP contribution in [0.1, 0.15) is 15.9 Å². The van der Waals surface area contributed by atoms with Crippen molar-refractivity contribution in [2.75, 3.05) is 0 Å². The highest BCUT2D eigenvalue weighted by atomic mass is 35.5. The van der Waals surface area contributed by atoms with Crippen molar-refractivity contribution in [1.82, 2.24) is 0 Å². The van der Waals surface area contributed by atoms with Crippen LogP contribution in [-0.4, -0.2) is 6.29 Å². The second kappa shape index (κ2) is 5.19.